The zero-order valence-corrected chi connectivity index (χ0v) is 20.1. The largest absolute Gasteiger partial charge is 0.393 e. The van der Waals surface area contributed by atoms with Gasteiger partial charge in [-0.3, -0.25) is 0 Å². The first kappa shape index (κ1) is 21.4. The number of fused-ring (bicyclic) bond motifs is 7. The lowest BCUT2D eigenvalue weighted by atomic mass is 9.43. The van der Waals surface area contributed by atoms with Crippen molar-refractivity contribution in [1.82, 2.24) is 0 Å². The molecule has 1 spiro atoms. The molecule has 0 radical (unpaired) electrons. The first-order chi connectivity index (χ1) is 14.7. The molecule has 4 nitrogen and oxygen atoms in total. The topological polar surface area (TPSA) is 58.9 Å². The van der Waals surface area contributed by atoms with Crippen molar-refractivity contribution in [2.24, 2.45) is 52.3 Å². The maximum Gasteiger partial charge on any atom is 0.171 e. The maximum absolute atomic E-state index is 11.2. The van der Waals surface area contributed by atoms with Gasteiger partial charge in [0.05, 0.1) is 24.9 Å². The minimum Gasteiger partial charge on any atom is -0.393 e. The maximum atomic E-state index is 11.2. The minimum atomic E-state index is -0.338. The van der Waals surface area contributed by atoms with Crippen LogP contribution < -0.4 is 0 Å². The Bertz CT molecular complexity index is 716. The van der Waals surface area contributed by atoms with E-state index in [0.29, 0.717) is 47.0 Å². The summed E-state index contributed by atoms with van der Waals surface area (Å²) in [5.41, 5.74) is 0.495. The molecule has 4 saturated carbocycles. The second kappa shape index (κ2) is 6.93. The van der Waals surface area contributed by atoms with Crippen LogP contribution in [0.4, 0.5) is 0 Å². The molecule has 2 N–H and O–H groups in total. The number of aliphatic hydroxyl groups is 2. The van der Waals surface area contributed by atoms with Gasteiger partial charge in [-0.15, -0.1) is 0 Å². The van der Waals surface area contributed by atoms with Crippen LogP contribution in [0.15, 0.2) is 0 Å². The SMILES string of the molecule is CC1CC[C@@]2(OC1)O[C@H]1C[C@H]3[C@@H]4CC(O)C5C[C@@H](O)CC[C@]5(C)[C@H]4CC[C@]3(C)[C@H]1[C@@H]2C. The van der Waals surface area contributed by atoms with Crippen molar-refractivity contribution in [1.29, 1.82) is 0 Å². The molecule has 4 heteroatoms. The van der Waals surface area contributed by atoms with Gasteiger partial charge in [0.1, 0.15) is 0 Å². The van der Waals surface area contributed by atoms with Crippen molar-refractivity contribution in [2.75, 3.05) is 6.61 Å². The lowest BCUT2D eigenvalue weighted by Crippen LogP contribution is -2.58. The molecule has 2 aliphatic heterocycles. The smallest absolute Gasteiger partial charge is 0.171 e. The van der Waals surface area contributed by atoms with Crippen molar-refractivity contribution in [3.63, 3.8) is 0 Å². The van der Waals surface area contributed by atoms with Crippen LogP contribution in [0, 0.1) is 52.3 Å². The van der Waals surface area contributed by atoms with Gasteiger partial charge in [-0.2, -0.15) is 0 Å². The lowest BCUT2D eigenvalue weighted by molar-refractivity contribution is -0.273. The van der Waals surface area contributed by atoms with Gasteiger partial charge in [-0.25, -0.2) is 0 Å². The van der Waals surface area contributed by atoms with E-state index in [1.165, 1.54) is 19.3 Å². The molecule has 0 amide bonds. The Labute approximate surface area is 188 Å². The van der Waals surface area contributed by atoms with Crippen LogP contribution in [-0.4, -0.2) is 40.9 Å². The van der Waals surface area contributed by atoms with Gasteiger partial charge in [0.15, 0.2) is 5.79 Å². The molecule has 6 aliphatic rings. The van der Waals surface area contributed by atoms with Crippen molar-refractivity contribution in [3.05, 3.63) is 0 Å². The Kier molecular flexibility index (Phi) is 4.78. The average Bonchev–Trinajstić information content (AvgIpc) is 3.17. The zero-order valence-electron chi connectivity index (χ0n) is 20.1. The van der Waals surface area contributed by atoms with E-state index in [1.807, 2.05) is 0 Å². The fourth-order valence-corrected chi connectivity index (χ4v) is 10.3. The Morgan fingerprint density at radius 2 is 1.58 bits per heavy atom. The van der Waals surface area contributed by atoms with E-state index in [1.54, 1.807) is 0 Å². The van der Waals surface area contributed by atoms with Gasteiger partial charge in [0.2, 0.25) is 0 Å². The molecular formula is C27H44O4. The molecule has 0 bridgehead atoms. The van der Waals surface area contributed by atoms with E-state index in [-0.39, 0.29) is 29.3 Å². The lowest BCUT2D eigenvalue weighted by Gasteiger charge is -2.62. The molecule has 0 aromatic carbocycles. The Morgan fingerprint density at radius 1 is 0.806 bits per heavy atom. The minimum absolute atomic E-state index is 0.191. The fraction of sp³-hybridized carbons (Fsp3) is 1.00. The zero-order chi connectivity index (χ0) is 21.8. The Morgan fingerprint density at radius 3 is 2.32 bits per heavy atom. The van der Waals surface area contributed by atoms with Crippen molar-refractivity contribution >= 4 is 0 Å². The summed E-state index contributed by atoms with van der Waals surface area (Å²) in [6.45, 7) is 10.6. The summed E-state index contributed by atoms with van der Waals surface area (Å²) < 4.78 is 13.3. The molecule has 6 rings (SSSR count). The molecule has 0 aromatic rings. The highest BCUT2D eigenvalue weighted by Crippen LogP contribution is 2.71. The van der Waals surface area contributed by atoms with E-state index in [9.17, 15) is 10.2 Å². The van der Waals surface area contributed by atoms with E-state index in [4.69, 9.17) is 9.47 Å². The fourth-order valence-electron chi connectivity index (χ4n) is 10.3. The number of hydrogen-bond donors (Lipinski definition) is 2. The number of hydrogen-bond acceptors (Lipinski definition) is 4. The third kappa shape index (κ3) is 2.80. The monoisotopic (exact) mass is 432 g/mol. The number of rotatable bonds is 0. The molecule has 3 unspecified atom stereocenters. The van der Waals surface area contributed by atoms with E-state index < -0.39 is 0 Å². The third-order valence-corrected chi connectivity index (χ3v) is 11.9. The highest BCUT2D eigenvalue weighted by Gasteiger charge is 2.69. The first-order valence-corrected chi connectivity index (χ1v) is 13.4. The van der Waals surface area contributed by atoms with Crippen molar-refractivity contribution in [3.8, 4) is 0 Å². The molecule has 31 heavy (non-hydrogen) atoms. The molecule has 4 aliphatic carbocycles. The normalized spacial score (nSPS) is 63.3. The molecule has 176 valence electrons. The number of aliphatic hydroxyl groups excluding tert-OH is 2. The summed E-state index contributed by atoms with van der Waals surface area (Å²) in [7, 11) is 0. The first-order valence-electron chi connectivity index (χ1n) is 13.4. The van der Waals surface area contributed by atoms with Crippen LogP contribution in [0.5, 0.6) is 0 Å². The number of ether oxygens (including phenoxy) is 2. The molecular weight excluding hydrogens is 388 g/mol. The van der Waals surface area contributed by atoms with Crippen LogP contribution in [0.1, 0.15) is 85.5 Å². The van der Waals surface area contributed by atoms with Gasteiger partial charge in [0, 0.05) is 12.3 Å². The van der Waals surface area contributed by atoms with Crippen molar-refractivity contribution in [2.45, 2.75) is 110 Å². The summed E-state index contributed by atoms with van der Waals surface area (Å²) in [5, 5.41) is 21.5. The highest BCUT2D eigenvalue weighted by molar-refractivity contribution is 5.16. The average molecular weight is 433 g/mol. The van der Waals surface area contributed by atoms with Gasteiger partial charge < -0.3 is 19.7 Å². The van der Waals surface area contributed by atoms with Gasteiger partial charge in [-0.05, 0) is 97.7 Å². The van der Waals surface area contributed by atoms with Gasteiger partial charge in [0.25, 0.3) is 0 Å². The van der Waals surface area contributed by atoms with E-state index in [2.05, 4.69) is 27.7 Å². The molecule has 2 heterocycles. The summed E-state index contributed by atoms with van der Waals surface area (Å²) >= 11 is 0. The van der Waals surface area contributed by atoms with Crippen LogP contribution >= 0.6 is 0 Å². The molecule has 13 atom stereocenters. The van der Waals surface area contributed by atoms with Crippen LogP contribution in [0.2, 0.25) is 0 Å². The summed E-state index contributed by atoms with van der Waals surface area (Å²) in [4.78, 5) is 0. The summed E-state index contributed by atoms with van der Waals surface area (Å²) in [5.74, 6) is 3.58. The molecule has 2 saturated heterocycles. The van der Waals surface area contributed by atoms with Crippen LogP contribution in [0.25, 0.3) is 0 Å². The predicted molar refractivity (Wildman–Crippen MR) is 119 cm³/mol. The van der Waals surface area contributed by atoms with Crippen molar-refractivity contribution < 1.29 is 19.7 Å². The summed E-state index contributed by atoms with van der Waals surface area (Å²) in [6, 6.07) is 0. The molecule has 6 fully saturated rings. The van der Waals surface area contributed by atoms with Gasteiger partial charge >= 0.3 is 0 Å². The quantitative estimate of drug-likeness (QED) is 0.579. The Balaban J connectivity index is 1.28. The second-order valence-corrected chi connectivity index (χ2v) is 13.2. The van der Waals surface area contributed by atoms with Crippen LogP contribution in [0.3, 0.4) is 0 Å². The Hall–Kier alpha value is -0.160. The standard InChI is InChI=1S/C27H44O4/c1-15-5-10-27(30-14-15)16(2)24-23(31-27)13-20-18-12-22(29)21-11-17(28)6-8-25(21,3)19(18)7-9-26(20,24)4/h15-24,28-29H,5-14H2,1-4H3/t15?,16-,17-,18+,19-,20-,21?,22?,23-,24-,25+,26-,27+/m0/s1. The summed E-state index contributed by atoms with van der Waals surface area (Å²) in [6.07, 6.45) is 9.58. The predicted octanol–water partition coefficient (Wildman–Crippen LogP) is 4.76. The van der Waals surface area contributed by atoms with E-state index in [0.717, 1.165) is 45.1 Å². The molecule has 0 aromatic heterocycles. The van der Waals surface area contributed by atoms with E-state index >= 15 is 0 Å². The highest BCUT2D eigenvalue weighted by atomic mass is 16.7. The van der Waals surface area contributed by atoms with Gasteiger partial charge in [-0.1, -0.05) is 27.7 Å². The third-order valence-electron chi connectivity index (χ3n) is 11.9. The second-order valence-electron chi connectivity index (χ2n) is 13.2. The van der Waals surface area contributed by atoms with Crippen LogP contribution in [-0.2, 0) is 9.47 Å².